The molecule has 0 saturated heterocycles. The molecular formula is C21H27N5O. The van der Waals surface area contributed by atoms with E-state index in [2.05, 4.69) is 62.4 Å². The lowest BCUT2D eigenvalue weighted by atomic mass is 10.1. The molecule has 0 spiro atoms. The number of fused-ring (bicyclic) bond motifs is 1. The number of benzene rings is 1. The van der Waals surface area contributed by atoms with Gasteiger partial charge in [-0.25, -0.2) is 4.98 Å². The Hall–Kier alpha value is -3.02. The second-order valence-electron chi connectivity index (χ2n) is 6.53. The number of hydrogen-bond acceptors (Lipinski definition) is 3. The summed E-state index contributed by atoms with van der Waals surface area (Å²) in [5.74, 6) is 1.69. The number of imidazole rings is 1. The molecule has 0 amide bonds. The zero-order valence-corrected chi connectivity index (χ0v) is 16.4. The molecule has 0 atom stereocenters. The van der Waals surface area contributed by atoms with Crippen LogP contribution in [0, 0.1) is 13.8 Å². The van der Waals surface area contributed by atoms with Gasteiger partial charge in [0.05, 0.1) is 19.3 Å². The van der Waals surface area contributed by atoms with Crippen LogP contribution in [0.25, 0.3) is 5.65 Å². The number of aryl methyl sites for hydroxylation is 2. The summed E-state index contributed by atoms with van der Waals surface area (Å²) in [5, 5.41) is 6.67. The van der Waals surface area contributed by atoms with Crippen molar-refractivity contribution in [3.05, 3.63) is 65.1 Å². The number of aromatic nitrogens is 2. The summed E-state index contributed by atoms with van der Waals surface area (Å²) in [6.45, 7) is 5.54. The third-order valence-corrected chi connectivity index (χ3v) is 4.58. The van der Waals surface area contributed by atoms with Crippen LogP contribution in [0.15, 0.2) is 47.6 Å². The van der Waals surface area contributed by atoms with Gasteiger partial charge in [0, 0.05) is 25.5 Å². The molecule has 0 saturated carbocycles. The number of aliphatic imine (C=N–C) groups is 1. The van der Waals surface area contributed by atoms with Crippen LogP contribution in [0.5, 0.6) is 5.75 Å². The first-order valence-electron chi connectivity index (χ1n) is 9.12. The van der Waals surface area contributed by atoms with Crippen molar-refractivity contribution in [3.63, 3.8) is 0 Å². The molecule has 1 aromatic carbocycles. The highest BCUT2D eigenvalue weighted by atomic mass is 16.5. The second-order valence-corrected chi connectivity index (χ2v) is 6.53. The minimum absolute atomic E-state index is 0.624. The van der Waals surface area contributed by atoms with Crippen molar-refractivity contribution in [2.45, 2.75) is 26.8 Å². The van der Waals surface area contributed by atoms with Crippen LogP contribution in [0.4, 0.5) is 0 Å². The Kier molecular flexibility index (Phi) is 5.96. The third kappa shape index (κ3) is 4.58. The van der Waals surface area contributed by atoms with Gasteiger partial charge in [0.25, 0.3) is 0 Å². The van der Waals surface area contributed by atoms with Crippen molar-refractivity contribution in [1.82, 2.24) is 20.0 Å². The van der Waals surface area contributed by atoms with Gasteiger partial charge in [0.15, 0.2) is 5.96 Å². The number of ether oxygens (including phenoxy) is 1. The van der Waals surface area contributed by atoms with Crippen LogP contribution < -0.4 is 15.4 Å². The summed E-state index contributed by atoms with van der Waals surface area (Å²) in [5.41, 5.74) is 5.49. The predicted octanol–water partition coefficient (Wildman–Crippen LogP) is 2.87. The summed E-state index contributed by atoms with van der Waals surface area (Å²) < 4.78 is 7.48. The normalized spacial score (nSPS) is 11.6. The van der Waals surface area contributed by atoms with Crippen molar-refractivity contribution in [1.29, 1.82) is 0 Å². The highest BCUT2D eigenvalue weighted by Gasteiger charge is 2.05. The average molecular weight is 365 g/mol. The average Bonchev–Trinajstić information content (AvgIpc) is 3.10. The zero-order chi connectivity index (χ0) is 19.2. The second kappa shape index (κ2) is 8.58. The molecule has 2 aromatic heterocycles. The number of guanidine groups is 1. The highest BCUT2D eigenvalue weighted by Crippen LogP contribution is 2.19. The van der Waals surface area contributed by atoms with Crippen LogP contribution in [-0.2, 0) is 13.0 Å². The predicted molar refractivity (Wildman–Crippen MR) is 110 cm³/mol. The fraction of sp³-hybridized carbons (Fsp3) is 0.333. The Morgan fingerprint density at radius 2 is 2.04 bits per heavy atom. The minimum Gasteiger partial charge on any atom is -0.496 e. The van der Waals surface area contributed by atoms with Crippen molar-refractivity contribution in [2.75, 3.05) is 20.7 Å². The molecule has 3 aromatic rings. The van der Waals surface area contributed by atoms with Gasteiger partial charge in [-0.05, 0) is 49.6 Å². The minimum atomic E-state index is 0.624. The summed E-state index contributed by atoms with van der Waals surface area (Å²) in [4.78, 5) is 8.93. The van der Waals surface area contributed by atoms with Gasteiger partial charge in [0.2, 0.25) is 0 Å². The molecule has 0 bridgehead atoms. The highest BCUT2D eigenvalue weighted by molar-refractivity contribution is 5.79. The van der Waals surface area contributed by atoms with Crippen molar-refractivity contribution >= 4 is 11.6 Å². The molecule has 0 unspecified atom stereocenters. The molecule has 2 N–H and O–H groups in total. The molecule has 6 heteroatoms. The van der Waals surface area contributed by atoms with E-state index in [1.807, 2.05) is 19.1 Å². The quantitative estimate of drug-likeness (QED) is 0.521. The fourth-order valence-corrected chi connectivity index (χ4v) is 3.02. The molecule has 142 valence electrons. The van der Waals surface area contributed by atoms with Crippen LogP contribution in [0.2, 0.25) is 0 Å². The number of rotatable bonds is 6. The van der Waals surface area contributed by atoms with Gasteiger partial charge in [-0.15, -0.1) is 0 Å². The lowest BCUT2D eigenvalue weighted by Crippen LogP contribution is -2.37. The third-order valence-electron chi connectivity index (χ3n) is 4.58. The van der Waals surface area contributed by atoms with Crippen molar-refractivity contribution < 1.29 is 4.74 Å². The smallest absolute Gasteiger partial charge is 0.191 e. The maximum atomic E-state index is 5.39. The van der Waals surface area contributed by atoms with E-state index < -0.39 is 0 Å². The van der Waals surface area contributed by atoms with Crippen molar-refractivity contribution in [2.24, 2.45) is 4.99 Å². The van der Waals surface area contributed by atoms with E-state index in [1.165, 1.54) is 11.3 Å². The largest absolute Gasteiger partial charge is 0.496 e. The summed E-state index contributed by atoms with van der Waals surface area (Å²) >= 11 is 0. The first kappa shape index (κ1) is 18.8. The first-order valence-corrected chi connectivity index (χ1v) is 9.12. The van der Waals surface area contributed by atoms with Crippen molar-refractivity contribution in [3.8, 4) is 5.75 Å². The monoisotopic (exact) mass is 365 g/mol. The molecule has 0 aliphatic carbocycles. The molecule has 2 heterocycles. The Balaban J connectivity index is 1.52. The number of nitrogens with one attached hydrogen (secondary N) is 2. The molecular weight excluding hydrogens is 338 g/mol. The SMILES string of the molecule is CN=C(NCCc1ccc(C)c(OC)c1)NCc1cn2c(C)cccc2n1. The first-order chi connectivity index (χ1) is 13.1. The Bertz CT molecular complexity index is 945. The lowest BCUT2D eigenvalue weighted by molar-refractivity contribution is 0.411. The van der Waals surface area contributed by atoms with E-state index in [4.69, 9.17) is 4.74 Å². The van der Waals surface area contributed by atoms with Crippen LogP contribution in [0.1, 0.15) is 22.5 Å². The van der Waals surface area contributed by atoms with E-state index in [-0.39, 0.29) is 0 Å². The molecule has 27 heavy (non-hydrogen) atoms. The van der Waals surface area contributed by atoms with Gasteiger partial charge in [-0.1, -0.05) is 18.2 Å². The number of hydrogen-bond donors (Lipinski definition) is 2. The van der Waals surface area contributed by atoms with Crippen LogP contribution in [0.3, 0.4) is 0 Å². The van der Waals surface area contributed by atoms with E-state index in [0.29, 0.717) is 6.54 Å². The van der Waals surface area contributed by atoms with Gasteiger partial charge < -0.3 is 19.8 Å². The van der Waals surface area contributed by atoms with Gasteiger partial charge in [0.1, 0.15) is 11.4 Å². The molecule has 3 rings (SSSR count). The maximum Gasteiger partial charge on any atom is 0.191 e. The summed E-state index contributed by atoms with van der Waals surface area (Å²) in [7, 11) is 3.48. The molecule has 0 aliphatic rings. The van der Waals surface area contributed by atoms with E-state index in [0.717, 1.165) is 41.6 Å². The standard InChI is InChI=1S/C21H27N5O/c1-15-8-9-17(12-19(15)27-4)10-11-23-21(22-3)24-13-18-14-26-16(2)6-5-7-20(26)25-18/h5-9,12,14H,10-11,13H2,1-4H3,(H2,22,23,24). The van der Waals surface area contributed by atoms with Crippen LogP contribution >= 0.6 is 0 Å². The molecule has 0 fully saturated rings. The van der Waals surface area contributed by atoms with Crippen LogP contribution in [-0.4, -0.2) is 36.0 Å². The summed E-state index contributed by atoms with van der Waals surface area (Å²) in [6.07, 6.45) is 2.95. The molecule has 6 nitrogen and oxygen atoms in total. The Labute approximate surface area is 160 Å². The fourth-order valence-electron chi connectivity index (χ4n) is 3.02. The topological polar surface area (TPSA) is 63.0 Å². The number of pyridine rings is 1. The molecule has 0 radical (unpaired) electrons. The lowest BCUT2D eigenvalue weighted by Gasteiger charge is -2.12. The Morgan fingerprint density at radius 1 is 1.19 bits per heavy atom. The zero-order valence-electron chi connectivity index (χ0n) is 16.4. The van der Waals surface area contributed by atoms with Gasteiger partial charge in [-0.2, -0.15) is 0 Å². The number of nitrogens with zero attached hydrogens (tertiary/aromatic N) is 3. The maximum absolute atomic E-state index is 5.39. The van der Waals surface area contributed by atoms with Gasteiger partial charge in [-0.3, -0.25) is 4.99 Å². The summed E-state index contributed by atoms with van der Waals surface area (Å²) in [6, 6.07) is 12.4. The van der Waals surface area contributed by atoms with E-state index >= 15 is 0 Å². The Morgan fingerprint density at radius 3 is 2.78 bits per heavy atom. The molecule has 0 aliphatic heterocycles. The van der Waals surface area contributed by atoms with Gasteiger partial charge >= 0.3 is 0 Å². The number of methoxy groups -OCH3 is 1. The van der Waals surface area contributed by atoms with E-state index in [1.54, 1.807) is 14.2 Å². The van der Waals surface area contributed by atoms with E-state index in [9.17, 15) is 0 Å².